The lowest BCUT2D eigenvalue weighted by Crippen LogP contribution is -2.45. The summed E-state index contributed by atoms with van der Waals surface area (Å²) in [6, 6.07) is 24.4. The van der Waals surface area contributed by atoms with E-state index >= 15 is 0 Å². The third-order valence-corrected chi connectivity index (χ3v) is 8.12. The molecule has 222 valence electrons. The number of alkyl halides is 3. The Morgan fingerprint density at radius 3 is 2.53 bits per heavy atom. The molecule has 3 aromatic carbocycles. The number of aromatic nitrogens is 2. The summed E-state index contributed by atoms with van der Waals surface area (Å²) in [5.41, 5.74) is 3.39. The van der Waals surface area contributed by atoms with Crippen molar-refractivity contribution in [2.75, 3.05) is 19.6 Å². The number of hydrogen-bond acceptors (Lipinski definition) is 4. The van der Waals surface area contributed by atoms with E-state index < -0.39 is 11.7 Å². The van der Waals surface area contributed by atoms with Gasteiger partial charge in [-0.05, 0) is 61.2 Å². The number of carbonyl (C=O) groups is 1. The molecule has 1 fully saturated rings. The molecule has 43 heavy (non-hydrogen) atoms. The topological polar surface area (TPSA) is 74.0 Å². The van der Waals surface area contributed by atoms with Crippen LogP contribution in [0.15, 0.2) is 91.4 Å². The molecule has 0 aliphatic carbocycles. The molecular formula is C34H34F3N5O. The summed E-state index contributed by atoms with van der Waals surface area (Å²) in [7, 11) is 0. The van der Waals surface area contributed by atoms with Crippen LogP contribution in [0.4, 0.5) is 13.2 Å². The van der Waals surface area contributed by atoms with E-state index in [0.717, 1.165) is 42.3 Å². The van der Waals surface area contributed by atoms with Gasteiger partial charge < -0.3 is 14.8 Å². The number of amides is 1. The zero-order chi connectivity index (χ0) is 30.4. The Balaban J connectivity index is 1.26. The number of likely N-dealkylation sites (tertiary alicyclic amines) is 1. The predicted octanol–water partition coefficient (Wildman–Crippen LogP) is 6.54. The van der Waals surface area contributed by atoms with E-state index in [2.05, 4.69) is 21.3 Å². The summed E-state index contributed by atoms with van der Waals surface area (Å²) in [4.78, 5) is 19.9. The van der Waals surface area contributed by atoms with Crippen LogP contribution >= 0.6 is 0 Å². The number of rotatable bonds is 9. The van der Waals surface area contributed by atoms with Gasteiger partial charge in [0, 0.05) is 25.6 Å². The summed E-state index contributed by atoms with van der Waals surface area (Å²) in [5.74, 6) is -0.538. The molecule has 1 aliphatic rings. The lowest BCUT2D eigenvalue weighted by molar-refractivity contribution is -0.137. The second kappa shape index (κ2) is 13.3. The highest BCUT2D eigenvalue weighted by molar-refractivity contribution is 5.79. The van der Waals surface area contributed by atoms with Gasteiger partial charge in [-0.25, -0.2) is 4.98 Å². The third-order valence-electron chi connectivity index (χ3n) is 8.12. The number of nitrogens with zero attached hydrogens (tertiary/aromatic N) is 4. The van der Waals surface area contributed by atoms with E-state index in [-0.39, 0.29) is 23.8 Å². The molecule has 2 unspecified atom stereocenters. The second-order valence-corrected chi connectivity index (χ2v) is 11.2. The Labute approximate surface area is 249 Å². The third kappa shape index (κ3) is 7.51. The van der Waals surface area contributed by atoms with Gasteiger partial charge in [-0.15, -0.1) is 0 Å². The molecular weight excluding hydrogens is 551 g/mol. The molecule has 9 heteroatoms. The van der Waals surface area contributed by atoms with E-state index in [1.807, 2.05) is 54.0 Å². The molecule has 0 radical (unpaired) electrons. The largest absolute Gasteiger partial charge is 0.416 e. The summed E-state index contributed by atoms with van der Waals surface area (Å²) < 4.78 is 42.6. The van der Waals surface area contributed by atoms with E-state index in [1.165, 1.54) is 12.1 Å². The van der Waals surface area contributed by atoms with Gasteiger partial charge in [-0.3, -0.25) is 4.79 Å². The number of benzene rings is 3. The van der Waals surface area contributed by atoms with E-state index in [0.29, 0.717) is 30.8 Å². The van der Waals surface area contributed by atoms with E-state index in [4.69, 9.17) is 5.26 Å². The molecule has 5 rings (SSSR count). The first-order valence-corrected chi connectivity index (χ1v) is 14.4. The van der Waals surface area contributed by atoms with Crippen molar-refractivity contribution in [2.45, 2.75) is 44.4 Å². The van der Waals surface area contributed by atoms with Crippen LogP contribution in [-0.4, -0.2) is 40.0 Å². The van der Waals surface area contributed by atoms with Crippen LogP contribution in [0.1, 0.15) is 65.2 Å². The maximum atomic E-state index is 13.5. The van der Waals surface area contributed by atoms with Crippen LogP contribution in [0.25, 0.3) is 0 Å². The van der Waals surface area contributed by atoms with Crippen molar-refractivity contribution < 1.29 is 18.0 Å². The monoisotopic (exact) mass is 585 g/mol. The van der Waals surface area contributed by atoms with Crippen LogP contribution in [0.5, 0.6) is 0 Å². The van der Waals surface area contributed by atoms with Crippen molar-refractivity contribution in [3.05, 3.63) is 125 Å². The van der Waals surface area contributed by atoms with Gasteiger partial charge in [0.2, 0.25) is 5.91 Å². The summed E-state index contributed by atoms with van der Waals surface area (Å²) in [5, 5.41) is 12.2. The number of hydrogen-bond donors (Lipinski definition) is 1. The SMILES string of the molecule is C[C@H](NC(=O)C1CCCN(CC(c2ccccc2)c2cccc(C(F)(F)F)c2)C1)c1cncn1Cc1ccc(C#N)cc1. The number of nitriles is 1. The normalized spacial score (nSPS) is 17.1. The molecule has 4 aromatic rings. The second-order valence-electron chi connectivity index (χ2n) is 11.2. The minimum absolute atomic E-state index is 0.0429. The minimum Gasteiger partial charge on any atom is -0.348 e. The molecule has 0 bridgehead atoms. The number of imidazole rings is 1. The average Bonchev–Trinajstić information content (AvgIpc) is 3.49. The molecule has 3 atom stereocenters. The Hall–Kier alpha value is -4.42. The summed E-state index contributed by atoms with van der Waals surface area (Å²) >= 11 is 0. The molecule has 0 spiro atoms. The van der Waals surface area contributed by atoms with Gasteiger partial charge in [0.25, 0.3) is 0 Å². The maximum Gasteiger partial charge on any atom is 0.416 e. The molecule has 6 nitrogen and oxygen atoms in total. The maximum absolute atomic E-state index is 13.5. The molecule has 1 amide bonds. The number of halogens is 3. The Kier molecular flexibility index (Phi) is 9.27. The molecule has 1 aliphatic heterocycles. The molecule has 1 N–H and O–H groups in total. The highest BCUT2D eigenvalue weighted by atomic mass is 19.4. The van der Waals surface area contributed by atoms with Crippen LogP contribution in [-0.2, 0) is 17.5 Å². The fourth-order valence-corrected chi connectivity index (χ4v) is 5.82. The first-order valence-electron chi connectivity index (χ1n) is 14.4. The highest BCUT2D eigenvalue weighted by Gasteiger charge is 2.33. The van der Waals surface area contributed by atoms with Gasteiger partial charge in [0.05, 0.1) is 47.4 Å². The van der Waals surface area contributed by atoms with Gasteiger partial charge in [-0.2, -0.15) is 18.4 Å². The lowest BCUT2D eigenvalue weighted by atomic mass is 9.88. The number of nitrogens with one attached hydrogen (secondary N) is 1. The number of carbonyl (C=O) groups excluding carboxylic acids is 1. The summed E-state index contributed by atoms with van der Waals surface area (Å²) in [6.45, 7) is 4.32. The van der Waals surface area contributed by atoms with Gasteiger partial charge in [-0.1, -0.05) is 60.7 Å². The van der Waals surface area contributed by atoms with Gasteiger partial charge >= 0.3 is 6.18 Å². The van der Waals surface area contributed by atoms with Crippen molar-refractivity contribution in [2.24, 2.45) is 5.92 Å². The first kappa shape index (κ1) is 30.1. The smallest absolute Gasteiger partial charge is 0.348 e. The Morgan fingerprint density at radius 2 is 1.81 bits per heavy atom. The first-order chi connectivity index (χ1) is 20.7. The lowest BCUT2D eigenvalue weighted by Gasteiger charge is -2.35. The molecule has 1 saturated heterocycles. The van der Waals surface area contributed by atoms with Crippen LogP contribution in [0.3, 0.4) is 0 Å². The fourth-order valence-electron chi connectivity index (χ4n) is 5.82. The molecule has 1 aromatic heterocycles. The van der Waals surface area contributed by atoms with E-state index in [1.54, 1.807) is 30.7 Å². The zero-order valence-corrected chi connectivity index (χ0v) is 24.0. The van der Waals surface area contributed by atoms with Crippen molar-refractivity contribution in [1.29, 1.82) is 5.26 Å². The standard InChI is InChI=1S/C34H34F3N5O/c1-24(32-19-39-23-42(32)20-26-14-12-25(18-38)13-15-26)40-33(43)29-10-6-16-41(21-29)22-31(27-7-3-2-4-8-27)28-9-5-11-30(17-28)34(35,36)37/h2-5,7-9,11-15,17,19,23-24,29,31H,6,10,16,20-22H2,1H3,(H,40,43)/t24-,29?,31?/m0/s1. The molecule has 2 heterocycles. The van der Waals surface area contributed by atoms with Crippen molar-refractivity contribution in [3.8, 4) is 6.07 Å². The molecule has 0 saturated carbocycles. The Bertz CT molecular complexity index is 1560. The number of piperidine rings is 1. The van der Waals surface area contributed by atoms with Crippen LogP contribution in [0.2, 0.25) is 0 Å². The Morgan fingerprint density at radius 1 is 1.07 bits per heavy atom. The van der Waals surface area contributed by atoms with Crippen molar-refractivity contribution in [3.63, 3.8) is 0 Å². The average molecular weight is 586 g/mol. The van der Waals surface area contributed by atoms with Crippen LogP contribution in [0, 0.1) is 17.2 Å². The van der Waals surface area contributed by atoms with E-state index in [9.17, 15) is 18.0 Å². The van der Waals surface area contributed by atoms with Crippen molar-refractivity contribution in [1.82, 2.24) is 19.8 Å². The highest BCUT2D eigenvalue weighted by Crippen LogP contribution is 2.34. The zero-order valence-electron chi connectivity index (χ0n) is 24.0. The quantitative estimate of drug-likeness (QED) is 0.242. The minimum atomic E-state index is -4.42. The summed E-state index contributed by atoms with van der Waals surface area (Å²) in [6.07, 6.45) is 0.642. The van der Waals surface area contributed by atoms with Gasteiger partial charge in [0.15, 0.2) is 0 Å². The van der Waals surface area contributed by atoms with Crippen LogP contribution < -0.4 is 5.32 Å². The van der Waals surface area contributed by atoms with Gasteiger partial charge in [0.1, 0.15) is 0 Å². The van der Waals surface area contributed by atoms with Crippen molar-refractivity contribution >= 4 is 5.91 Å². The predicted molar refractivity (Wildman–Crippen MR) is 158 cm³/mol. The fraction of sp³-hybridized carbons (Fsp3) is 0.324.